The smallest absolute Gasteiger partial charge is 0.352 e. The number of imidazole rings is 1. The molecule has 4 rings (SSSR count). The highest BCUT2D eigenvalue weighted by atomic mass is 19.4. The van der Waals surface area contributed by atoms with Gasteiger partial charge in [-0.2, -0.15) is 23.5 Å². The number of H-pyrrole nitrogens is 1. The number of fused-ring (bicyclic) bond motifs is 1. The molecule has 184 valence electrons. The first-order valence-corrected chi connectivity index (χ1v) is 11.3. The van der Waals surface area contributed by atoms with Crippen molar-refractivity contribution in [1.82, 2.24) is 30.4 Å². The minimum atomic E-state index is -4.37. The van der Waals surface area contributed by atoms with Crippen molar-refractivity contribution in [2.24, 2.45) is 5.92 Å². The summed E-state index contributed by atoms with van der Waals surface area (Å²) in [7, 11) is 0. The van der Waals surface area contributed by atoms with E-state index in [1.54, 1.807) is 22.9 Å². The summed E-state index contributed by atoms with van der Waals surface area (Å²) in [5, 5.41) is 18.8. The third kappa shape index (κ3) is 6.17. The molecule has 1 aromatic carbocycles. The Hall–Kier alpha value is -3.88. The first-order valence-electron chi connectivity index (χ1n) is 11.3. The SMILES string of the molecule is N#Cc1cnn(CC2CCC2)c1C(=O)NCc1nc2ccc(CNC(=O)CCC(F)(F)F)cc2[nH]1. The third-order valence-corrected chi connectivity index (χ3v) is 5.97. The molecule has 1 aliphatic rings. The van der Waals surface area contributed by atoms with Gasteiger partial charge < -0.3 is 15.6 Å². The Labute approximate surface area is 198 Å². The number of nitriles is 1. The Morgan fingerprint density at radius 2 is 2.03 bits per heavy atom. The molecule has 0 atom stereocenters. The van der Waals surface area contributed by atoms with Crippen molar-refractivity contribution in [3.8, 4) is 6.07 Å². The van der Waals surface area contributed by atoms with Crippen LogP contribution in [0.25, 0.3) is 11.0 Å². The molecule has 9 nitrogen and oxygen atoms in total. The van der Waals surface area contributed by atoms with E-state index in [-0.39, 0.29) is 24.3 Å². The minimum Gasteiger partial charge on any atom is -0.352 e. The van der Waals surface area contributed by atoms with Gasteiger partial charge in [0.15, 0.2) is 0 Å². The maximum atomic E-state index is 12.8. The number of carbonyl (C=O) groups is 2. The van der Waals surface area contributed by atoms with Crippen molar-refractivity contribution in [3.63, 3.8) is 0 Å². The van der Waals surface area contributed by atoms with Crippen molar-refractivity contribution in [1.29, 1.82) is 5.26 Å². The Balaban J connectivity index is 1.35. The minimum absolute atomic E-state index is 0.0830. The number of aromatic nitrogens is 4. The zero-order valence-electron chi connectivity index (χ0n) is 18.8. The third-order valence-electron chi connectivity index (χ3n) is 5.97. The molecule has 2 aromatic heterocycles. The van der Waals surface area contributed by atoms with Crippen LogP contribution < -0.4 is 10.6 Å². The molecule has 1 fully saturated rings. The monoisotopic (exact) mass is 487 g/mol. The van der Waals surface area contributed by atoms with E-state index < -0.39 is 30.8 Å². The lowest BCUT2D eigenvalue weighted by molar-refractivity contribution is -0.144. The Morgan fingerprint density at radius 3 is 2.71 bits per heavy atom. The first-order chi connectivity index (χ1) is 16.7. The standard InChI is InChI=1S/C23H24F3N7O2/c24-23(25,26)7-6-20(34)28-10-15-4-5-17-18(8-15)32-19(31-17)12-29-22(35)21-16(9-27)11-30-33(21)13-14-2-1-3-14/h4-5,8,11,14H,1-3,6-7,10,12-13H2,(H,28,34)(H,29,35)(H,31,32). The summed E-state index contributed by atoms with van der Waals surface area (Å²) in [5.74, 6) is -0.139. The molecule has 0 spiro atoms. The van der Waals surface area contributed by atoms with Crippen LogP contribution in [0, 0.1) is 17.2 Å². The number of rotatable bonds is 9. The van der Waals surface area contributed by atoms with Crippen LogP contribution >= 0.6 is 0 Å². The van der Waals surface area contributed by atoms with Crippen LogP contribution in [0.2, 0.25) is 0 Å². The normalized spacial score (nSPS) is 13.9. The Kier molecular flexibility index (Phi) is 7.04. The average Bonchev–Trinajstić information content (AvgIpc) is 3.39. The van der Waals surface area contributed by atoms with Gasteiger partial charge in [-0.05, 0) is 36.5 Å². The first kappa shape index (κ1) is 24.3. The van der Waals surface area contributed by atoms with Gasteiger partial charge in [-0.15, -0.1) is 0 Å². The summed E-state index contributed by atoms with van der Waals surface area (Å²) >= 11 is 0. The maximum Gasteiger partial charge on any atom is 0.389 e. The summed E-state index contributed by atoms with van der Waals surface area (Å²) in [6.45, 7) is 0.779. The second-order valence-electron chi connectivity index (χ2n) is 8.61. The van der Waals surface area contributed by atoms with E-state index in [1.807, 2.05) is 6.07 Å². The number of carbonyl (C=O) groups excluding carboxylic acids is 2. The quantitative estimate of drug-likeness (QED) is 0.427. The van der Waals surface area contributed by atoms with Crippen LogP contribution in [0.3, 0.4) is 0 Å². The van der Waals surface area contributed by atoms with Gasteiger partial charge in [-0.25, -0.2) is 4.98 Å². The number of amides is 2. The summed E-state index contributed by atoms with van der Waals surface area (Å²) in [6.07, 6.45) is -1.42. The second kappa shape index (κ2) is 10.2. The highest BCUT2D eigenvalue weighted by molar-refractivity contribution is 5.94. The van der Waals surface area contributed by atoms with Crippen LogP contribution in [0.4, 0.5) is 13.2 Å². The molecule has 0 aliphatic heterocycles. The van der Waals surface area contributed by atoms with Crippen molar-refractivity contribution in [3.05, 3.63) is 47.0 Å². The highest BCUT2D eigenvalue weighted by Crippen LogP contribution is 2.28. The van der Waals surface area contributed by atoms with Crippen molar-refractivity contribution in [2.45, 2.75) is 57.9 Å². The van der Waals surface area contributed by atoms with E-state index in [1.165, 1.54) is 6.20 Å². The fourth-order valence-corrected chi connectivity index (χ4v) is 3.86. The molecule has 0 unspecified atom stereocenters. The van der Waals surface area contributed by atoms with E-state index in [0.717, 1.165) is 19.3 Å². The number of hydrogen-bond acceptors (Lipinski definition) is 5. The molecule has 1 saturated carbocycles. The molecule has 1 aliphatic carbocycles. The molecule has 3 aromatic rings. The largest absolute Gasteiger partial charge is 0.389 e. The molecule has 0 radical (unpaired) electrons. The number of halogens is 3. The van der Waals surface area contributed by atoms with Gasteiger partial charge in [0.25, 0.3) is 5.91 Å². The molecular formula is C23H24F3N7O2. The van der Waals surface area contributed by atoms with Crippen LogP contribution in [0.5, 0.6) is 0 Å². The zero-order chi connectivity index (χ0) is 25.0. The molecule has 3 N–H and O–H groups in total. The molecule has 2 heterocycles. The van der Waals surface area contributed by atoms with E-state index in [4.69, 9.17) is 0 Å². The van der Waals surface area contributed by atoms with Gasteiger partial charge in [-0.3, -0.25) is 14.3 Å². The predicted octanol–water partition coefficient (Wildman–Crippen LogP) is 3.32. The Bertz CT molecular complexity index is 1270. The lowest BCUT2D eigenvalue weighted by Gasteiger charge is -2.25. The number of nitrogens with one attached hydrogen (secondary N) is 3. The highest BCUT2D eigenvalue weighted by Gasteiger charge is 2.28. The van der Waals surface area contributed by atoms with E-state index in [2.05, 4.69) is 25.7 Å². The van der Waals surface area contributed by atoms with E-state index in [0.29, 0.717) is 34.9 Å². The van der Waals surface area contributed by atoms with Crippen LogP contribution in [0.15, 0.2) is 24.4 Å². The van der Waals surface area contributed by atoms with Gasteiger partial charge in [0.2, 0.25) is 5.91 Å². The topological polar surface area (TPSA) is 128 Å². The average molecular weight is 487 g/mol. The molecule has 2 amide bonds. The summed E-state index contributed by atoms with van der Waals surface area (Å²) in [4.78, 5) is 32.0. The lowest BCUT2D eigenvalue weighted by atomic mass is 9.85. The summed E-state index contributed by atoms with van der Waals surface area (Å²) < 4.78 is 38.3. The number of aromatic amines is 1. The van der Waals surface area contributed by atoms with Gasteiger partial charge in [0.05, 0.1) is 30.2 Å². The van der Waals surface area contributed by atoms with Crippen molar-refractivity contribution < 1.29 is 22.8 Å². The second-order valence-corrected chi connectivity index (χ2v) is 8.61. The number of nitrogens with zero attached hydrogens (tertiary/aromatic N) is 4. The molecule has 0 saturated heterocycles. The number of hydrogen-bond donors (Lipinski definition) is 3. The Morgan fingerprint density at radius 1 is 1.23 bits per heavy atom. The van der Waals surface area contributed by atoms with Gasteiger partial charge in [0.1, 0.15) is 23.2 Å². The number of alkyl halides is 3. The molecule has 0 bridgehead atoms. The molecule has 12 heteroatoms. The number of benzene rings is 1. The molecular weight excluding hydrogens is 463 g/mol. The lowest BCUT2D eigenvalue weighted by Crippen LogP contribution is -2.29. The van der Waals surface area contributed by atoms with Gasteiger partial charge in [0, 0.05) is 19.5 Å². The van der Waals surface area contributed by atoms with Gasteiger partial charge in [-0.1, -0.05) is 12.5 Å². The summed E-state index contributed by atoms with van der Waals surface area (Å²) in [6, 6.07) is 7.18. The fraction of sp³-hybridized carbons (Fsp3) is 0.435. The van der Waals surface area contributed by atoms with Gasteiger partial charge >= 0.3 is 6.18 Å². The van der Waals surface area contributed by atoms with Crippen LogP contribution in [-0.2, 0) is 24.4 Å². The van der Waals surface area contributed by atoms with Crippen LogP contribution in [-0.4, -0.2) is 37.7 Å². The van der Waals surface area contributed by atoms with Crippen LogP contribution in [0.1, 0.15) is 59.5 Å². The van der Waals surface area contributed by atoms with Crippen molar-refractivity contribution >= 4 is 22.8 Å². The predicted molar refractivity (Wildman–Crippen MR) is 119 cm³/mol. The van der Waals surface area contributed by atoms with Crippen molar-refractivity contribution in [2.75, 3.05) is 0 Å². The van der Waals surface area contributed by atoms with E-state index in [9.17, 15) is 28.0 Å². The molecule has 35 heavy (non-hydrogen) atoms. The van der Waals surface area contributed by atoms with E-state index >= 15 is 0 Å². The maximum absolute atomic E-state index is 12.8. The fourth-order valence-electron chi connectivity index (χ4n) is 3.86. The zero-order valence-corrected chi connectivity index (χ0v) is 18.8. The summed E-state index contributed by atoms with van der Waals surface area (Å²) in [5.41, 5.74) is 2.43.